The van der Waals surface area contributed by atoms with Gasteiger partial charge in [0.25, 0.3) is 5.89 Å². The number of esters is 1. The number of piperidine rings is 1. The van der Waals surface area contributed by atoms with Crippen molar-refractivity contribution in [3.63, 3.8) is 0 Å². The quantitative estimate of drug-likeness (QED) is 0.510. The number of ether oxygens (including phenoxy) is 1. The Bertz CT molecular complexity index is 1110. The Balaban J connectivity index is 1.29. The fourth-order valence-electron chi connectivity index (χ4n) is 3.16. The van der Waals surface area contributed by atoms with Crippen LogP contribution in [0.1, 0.15) is 18.7 Å². The summed E-state index contributed by atoms with van der Waals surface area (Å²) in [5.74, 6) is -0.0953. The van der Waals surface area contributed by atoms with Gasteiger partial charge >= 0.3 is 5.97 Å². The largest absolute Gasteiger partial charge is 0.455 e. The average Bonchev–Trinajstić information content (AvgIpc) is 3.44. The number of halogens is 1. The van der Waals surface area contributed by atoms with E-state index in [2.05, 4.69) is 10.1 Å². The minimum absolute atomic E-state index is 0.111. The highest BCUT2D eigenvalue weighted by atomic mass is 35.5. The van der Waals surface area contributed by atoms with Crippen LogP contribution in [0.5, 0.6) is 0 Å². The molecule has 0 unspecified atom stereocenters. The predicted octanol–water partition coefficient (Wildman–Crippen LogP) is 3.60. The summed E-state index contributed by atoms with van der Waals surface area (Å²) >= 11 is 7.31. The predicted molar refractivity (Wildman–Crippen MR) is 110 cm³/mol. The highest BCUT2D eigenvalue weighted by molar-refractivity contribution is 7.89. The molecule has 1 aliphatic heterocycles. The lowest BCUT2D eigenvalue weighted by molar-refractivity contribution is -0.152. The van der Waals surface area contributed by atoms with Crippen LogP contribution in [0.15, 0.2) is 51.2 Å². The van der Waals surface area contributed by atoms with Crippen LogP contribution in [0.3, 0.4) is 0 Å². The fraction of sp³-hybridized carbons (Fsp3) is 0.316. The van der Waals surface area contributed by atoms with Crippen molar-refractivity contribution in [3.05, 3.63) is 52.7 Å². The molecule has 0 aliphatic carbocycles. The summed E-state index contributed by atoms with van der Waals surface area (Å²) in [6, 6.07) is 9.80. The third kappa shape index (κ3) is 4.56. The van der Waals surface area contributed by atoms with Crippen LogP contribution in [-0.4, -0.2) is 41.9 Å². The summed E-state index contributed by atoms with van der Waals surface area (Å²) in [5.41, 5.74) is 0. The van der Waals surface area contributed by atoms with Gasteiger partial charge in [0.15, 0.2) is 6.61 Å². The zero-order valence-electron chi connectivity index (χ0n) is 15.7. The van der Waals surface area contributed by atoms with Gasteiger partial charge in [0.05, 0.1) is 15.7 Å². The molecule has 1 fully saturated rings. The summed E-state index contributed by atoms with van der Waals surface area (Å²) in [6.45, 7) is 0.377. The van der Waals surface area contributed by atoms with Crippen LogP contribution in [0.4, 0.5) is 0 Å². The minimum atomic E-state index is -3.61. The number of hydrogen-bond donors (Lipinski definition) is 0. The average molecular weight is 468 g/mol. The second-order valence-electron chi connectivity index (χ2n) is 6.73. The van der Waals surface area contributed by atoms with Crippen molar-refractivity contribution < 1.29 is 22.5 Å². The van der Waals surface area contributed by atoms with Gasteiger partial charge in [0, 0.05) is 18.1 Å². The maximum Gasteiger partial charge on any atom is 0.309 e. The molecule has 11 heteroatoms. The molecule has 4 rings (SSSR count). The van der Waals surface area contributed by atoms with E-state index in [4.69, 9.17) is 20.9 Å². The van der Waals surface area contributed by atoms with Crippen LogP contribution in [-0.2, 0) is 26.2 Å². The number of sulfonamides is 1. The van der Waals surface area contributed by atoms with Crippen molar-refractivity contribution in [2.24, 2.45) is 5.92 Å². The standard InChI is InChI=1S/C19H18ClN3O5S2/c20-14-3-5-15(6-4-14)30(25,26)23-9-7-13(8-10-23)19(24)27-12-17-21-18(22-28-17)16-2-1-11-29-16/h1-6,11,13H,7-10,12H2. The zero-order valence-corrected chi connectivity index (χ0v) is 18.1. The van der Waals surface area contributed by atoms with E-state index in [9.17, 15) is 13.2 Å². The molecule has 3 aromatic rings. The third-order valence-electron chi connectivity index (χ3n) is 4.79. The number of hydrogen-bond acceptors (Lipinski definition) is 8. The van der Waals surface area contributed by atoms with Crippen molar-refractivity contribution in [2.75, 3.05) is 13.1 Å². The van der Waals surface area contributed by atoms with Crippen molar-refractivity contribution >= 4 is 38.9 Å². The monoisotopic (exact) mass is 467 g/mol. The van der Waals surface area contributed by atoms with E-state index in [-0.39, 0.29) is 36.4 Å². The highest BCUT2D eigenvalue weighted by Crippen LogP contribution is 2.26. The Labute approximate surface area is 182 Å². The number of rotatable bonds is 6. The molecule has 158 valence electrons. The Kier molecular flexibility index (Phi) is 6.19. The van der Waals surface area contributed by atoms with E-state index in [0.29, 0.717) is 23.7 Å². The molecule has 1 aromatic carbocycles. The molecular formula is C19H18ClN3O5S2. The molecule has 8 nitrogen and oxygen atoms in total. The summed E-state index contributed by atoms with van der Waals surface area (Å²) in [7, 11) is -3.61. The molecule has 3 heterocycles. The summed E-state index contributed by atoms with van der Waals surface area (Å²) in [4.78, 5) is 17.6. The first-order chi connectivity index (χ1) is 14.4. The summed E-state index contributed by atoms with van der Waals surface area (Å²) in [6.07, 6.45) is 0.770. The van der Waals surface area contributed by atoms with Crippen molar-refractivity contribution in [1.29, 1.82) is 0 Å². The molecule has 0 radical (unpaired) electrons. The van der Waals surface area contributed by atoms with Crippen molar-refractivity contribution in [2.45, 2.75) is 24.3 Å². The van der Waals surface area contributed by atoms with Gasteiger partial charge in [0.2, 0.25) is 15.8 Å². The van der Waals surface area contributed by atoms with E-state index in [0.717, 1.165) is 4.88 Å². The number of nitrogens with zero attached hydrogens (tertiary/aromatic N) is 3. The Hall–Kier alpha value is -2.27. The maximum atomic E-state index is 12.7. The van der Waals surface area contributed by atoms with Gasteiger partial charge in [-0.25, -0.2) is 8.42 Å². The molecule has 0 atom stereocenters. The molecule has 0 saturated carbocycles. The Morgan fingerprint density at radius 2 is 1.97 bits per heavy atom. The van der Waals surface area contributed by atoms with Gasteiger partial charge in [-0.3, -0.25) is 4.79 Å². The van der Waals surface area contributed by atoms with Gasteiger partial charge in [-0.1, -0.05) is 22.8 Å². The second-order valence-corrected chi connectivity index (χ2v) is 10.1. The van der Waals surface area contributed by atoms with Gasteiger partial charge in [-0.2, -0.15) is 9.29 Å². The number of carbonyl (C=O) groups excluding carboxylic acids is 1. The second kappa shape index (κ2) is 8.84. The lowest BCUT2D eigenvalue weighted by Crippen LogP contribution is -2.40. The molecule has 0 spiro atoms. The van der Waals surface area contributed by atoms with Crippen molar-refractivity contribution in [1.82, 2.24) is 14.4 Å². The number of aromatic nitrogens is 2. The van der Waals surface area contributed by atoms with Crippen LogP contribution in [0.2, 0.25) is 5.02 Å². The molecule has 2 aromatic heterocycles. The smallest absolute Gasteiger partial charge is 0.309 e. The van der Waals surface area contributed by atoms with Crippen molar-refractivity contribution in [3.8, 4) is 10.7 Å². The minimum Gasteiger partial charge on any atom is -0.455 e. The molecule has 1 saturated heterocycles. The van der Waals surface area contributed by atoms with Crippen LogP contribution in [0.25, 0.3) is 10.7 Å². The number of thiophene rings is 1. The molecular weight excluding hydrogens is 450 g/mol. The van der Waals surface area contributed by atoms with E-state index in [1.807, 2.05) is 17.5 Å². The molecule has 30 heavy (non-hydrogen) atoms. The summed E-state index contributed by atoms with van der Waals surface area (Å²) < 4.78 is 37.3. The molecule has 0 bridgehead atoms. The zero-order chi connectivity index (χ0) is 21.1. The topological polar surface area (TPSA) is 103 Å². The van der Waals surface area contributed by atoms with E-state index in [1.54, 1.807) is 12.1 Å². The Morgan fingerprint density at radius 3 is 2.63 bits per heavy atom. The highest BCUT2D eigenvalue weighted by Gasteiger charge is 2.33. The number of carbonyl (C=O) groups is 1. The summed E-state index contributed by atoms with van der Waals surface area (Å²) in [5, 5.41) is 6.25. The van der Waals surface area contributed by atoms with E-state index >= 15 is 0 Å². The van der Waals surface area contributed by atoms with Gasteiger partial charge < -0.3 is 9.26 Å². The fourth-order valence-corrected chi connectivity index (χ4v) is 5.40. The number of benzene rings is 1. The van der Waals surface area contributed by atoms with Gasteiger partial charge in [-0.05, 0) is 48.6 Å². The van der Waals surface area contributed by atoms with E-state index < -0.39 is 16.0 Å². The maximum absolute atomic E-state index is 12.7. The molecule has 0 N–H and O–H groups in total. The Morgan fingerprint density at radius 1 is 1.23 bits per heavy atom. The van der Waals surface area contributed by atoms with Gasteiger partial charge in [0.1, 0.15) is 0 Å². The van der Waals surface area contributed by atoms with Crippen LogP contribution < -0.4 is 0 Å². The first-order valence-electron chi connectivity index (χ1n) is 9.22. The first-order valence-corrected chi connectivity index (χ1v) is 11.9. The SMILES string of the molecule is O=C(OCc1nc(-c2cccs2)no1)C1CCN(S(=O)(=O)c2ccc(Cl)cc2)CC1. The van der Waals surface area contributed by atoms with Crippen LogP contribution in [0, 0.1) is 5.92 Å². The van der Waals surface area contributed by atoms with Gasteiger partial charge in [-0.15, -0.1) is 11.3 Å². The first kappa shape index (κ1) is 21.0. The third-order valence-corrected chi connectivity index (χ3v) is 7.82. The lowest BCUT2D eigenvalue weighted by Gasteiger charge is -2.30. The van der Waals surface area contributed by atoms with E-state index in [1.165, 1.54) is 27.8 Å². The van der Waals surface area contributed by atoms with Crippen LogP contribution >= 0.6 is 22.9 Å². The molecule has 1 aliphatic rings. The lowest BCUT2D eigenvalue weighted by atomic mass is 9.98. The normalized spacial score (nSPS) is 15.9. The molecule has 0 amide bonds.